The predicted octanol–water partition coefficient (Wildman–Crippen LogP) is 4.91. The number of nitrogens with zero attached hydrogens (tertiary/aromatic N) is 1. The van der Waals surface area contributed by atoms with Crippen LogP contribution in [0.5, 0.6) is 0 Å². The lowest BCUT2D eigenvalue weighted by Crippen LogP contribution is -2.43. The van der Waals surface area contributed by atoms with Crippen LogP contribution in [0.15, 0.2) is 24.3 Å². The van der Waals surface area contributed by atoms with Crippen molar-refractivity contribution in [2.45, 2.75) is 64.5 Å². The maximum Gasteiger partial charge on any atom is 0.261 e. The number of thiophene rings is 1. The molecule has 1 aromatic carbocycles. The van der Waals surface area contributed by atoms with Crippen molar-refractivity contribution in [3.05, 3.63) is 34.7 Å². The zero-order chi connectivity index (χ0) is 21.1. The lowest BCUT2D eigenvalue weighted by molar-refractivity contribution is -0.140. The number of morpholine rings is 1. The maximum atomic E-state index is 13.0. The monoisotopic (exact) mass is 428 g/mol. The van der Waals surface area contributed by atoms with E-state index in [1.807, 2.05) is 36.9 Å². The number of ether oxygens (including phenoxy) is 1. The summed E-state index contributed by atoms with van der Waals surface area (Å²) in [6, 6.07) is 8.16. The Morgan fingerprint density at radius 3 is 2.73 bits per heavy atom. The van der Waals surface area contributed by atoms with Crippen LogP contribution in [0.4, 0.5) is 0 Å². The highest BCUT2D eigenvalue weighted by atomic mass is 32.1. The molecule has 5 nitrogen and oxygen atoms in total. The molecule has 1 aliphatic heterocycles. The molecule has 1 atom stereocenters. The first kappa shape index (κ1) is 21.3. The summed E-state index contributed by atoms with van der Waals surface area (Å²) >= 11 is 1.51. The summed E-state index contributed by atoms with van der Waals surface area (Å²) in [6.45, 7) is 5.60. The predicted molar refractivity (Wildman–Crippen MR) is 121 cm³/mol. The largest absolute Gasteiger partial charge is 0.370 e. The van der Waals surface area contributed by atoms with E-state index in [1.165, 1.54) is 43.4 Å². The first-order valence-electron chi connectivity index (χ1n) is 11.2. The van der Waals surface area contributed by atoms with Crippen molar-refractivity contribution in [3.63, 3.8) is 0 Å². The van der Waals surface area contributed by atoms with Gasteiger partial charge in [0.05, 0.1) is 18.0 Å². The highest BCUT2D eigenvalue weighted by Gasteiger charge is 2.32. The van der Waals surface area contributed by atoms with Gasteiger partial charge in [-0.05, 0) is 44.1 Å². The smallest absolute Gasteiger partial charge is 0.261 e. The number of carbonyl (C=O) groups excluding carboxylic acids is 2. The second-order valence-electron chi connectivity index (χ2n) is 8.88. The van der Waals surface area contributed by atoms with Crippen LogP contribution in [0.3, 0.4) is 0 Å². The van der Waals surface area contributed by atoms with E-state index in [-0.39, 0.29) is 24.0 Å². The Morgan fingerprint density at radius 1 is 1.20 bits per heavy atom. The molecule has 0 unspecified atom stereocenters. The number of fused-ring (bicyclic) bond motifs is 1. The zero-order valence-corrected chi connectivity index (χ0v) is 18.8. The Kier molecular flexibility index (Phi) is 6.74. The van der Waals surface area contributed by atoms with Gasteiger partial charge in [0.1, 0.15) is 6.10 Å². The summed E-state index contributed by atoms with van der Waals surface area (Å²) in [7, 11) is 0. The highest BCUT2D eigenvalue weighted by molar-refractivity contribution is 7.21. The molecule has 1 saturated heterocycles. The Morgan fingerprint density at radius 2 is 1.97 bits per heavy atom. The lowest BCUT2D eigenvalue weighted by atomic mass is 9.86. The van der Waals surface area contributed by atoms with Crippen molar-refractivity contribution >= 4 is 33.2 Å². The fourth-order valence-corrected chi connectivity index (χ4v) is 5.86. The Labute approximate surface area is 182 Å². The topological polar surface area (TPSA) is 58.6 Å². The van der Waals surface area contributed by atoms with Crippen molar-refractivity contribution in [3.8, 4) is 0 Å². The summed E-state index contributed by atoms with van der Waals surface area (Å²) < 4.78 is 7.21. The van der Waals surface area contributed by atoms with E-state index in [0.717, 1.165) is 15.6 Å². The van der Waals surface area contributed by atoms with Gasteiger partial charge in [-0.3, -0.25) is 9.59 Å². The van der Waals surface area contributed by atoms with Crippen molar-refractivity contribution in [2.75, 3.05) is 19.7 Å². The number of carbonyl (C=O) groups is 2. The van der Waals surface area contributed by atoms with Gasteiger partial charge in [0.2, 0.25) is 5.91 Å². The molecule has 2 aromatic rings. The molecular weight excluding hydrogens is 396 g/mol. The first-order chi connectivity index (χ1) is 14.5. The molecule has 2 aliphatic rings. The molecule has 0 bridgehead atoms. The molecule has 0 radical (unpaired) electrons. The van der Waals surface area contributed by atoms with Crippen LogP contribution in [0.1, 0.15) is 73.7 Å². The second kappa shape index (κ2) is 9.48. The molecule has 6 heteroatoms. The second-order valence-corrected chi connectivity index (χ2v) is 9.93. The molecule has 0 spiro atoms. The molecule has 162 valence electrons. The van der Waals surface area contributed by atoms with Gasteiger partial charge in [0.15, 0.2) is 0 Å². The third-order valence-corrected chi connectivity index (χ3v) is 7.37. The minimum Gasteiger partial charge on any atom is -0.370 e. The lowest BCUT2D eigenvalue weighted by Gasteiger charge is -2.34. The molecule has 1 aromatic heterocycles. The molecule has 30 heavy (non-hydrogen) atoms. The fourth-order valence-electron chi connectivity index (χ4n) is 4.70. The van der Waals surface area contributed by atoms with Crippen molar-refractivity contribution < 1.29 is 14.3 Å². The van der Waals surface area contributed by atoms with Crippen LogP contribution in [-0.2, 0) is 9.53 Å². The summed E-state index contributed by atoms with van der Waals surface area (Å²) in [4.78, 5) is 28.6. The van der Waals surface area contributed by atoms with Crippen LogP contribution in [-0.4, -0.2) is 42.5 Å². The average Bonchev–Trinajstić information content (AvgIpc) is 3.14. The average molecular weight is 429 g/mol. The van der Waals surface area contributed by atoms with Crippen LogP contribution < -0.4 is 5.32 Å². The number of amides is 2. The molecule has 1 N–H and O–H groups in total. The fraction of sp³-hybridized carbons (Fsp3) is 0.583. The standard InChI is InChI=1S/C24H32N2O3S/c1-16(2)25-24(28)23-22(18-10-6-7-11-20(18)30-23)19-15-26(12-13-29-19)21(27)14-17-8-4-3-5-9-17/h6-7,10-11,16-17,19H,3-5,8-9,12-15H2,1-2H3,(H,25,28)/t19-/m1/s1. The van der Waals surface area contributed by atoms with Gasteiger partial charge >= 0.3 is 0 Å². The zero-order valence-electron chi connectivity index (χ0n) is 18.0. The van der Waals surface area contributed by atoms with Gasteiger partial charge < -0.3 is 15.0 Å². The van der Waals surface area contributed by atoms with E-state index in [4.69, 9.17) is 4.74 Å². The van der Waals surface area contributed by atoms with Crippen molar-refractivity contribution in [1.29, 1.82) is 0 Å². The number of hydrogen-bond donors (Lipinski definition) is 1. The van der Waals surface area contributed by atoms with Gasteiger partial charge in [-0.25, -0.2) is 0 Å². The van der Waals surface area contributed by atoms with Crippen LogP contribution >= 0.6 is 11.3 Å². The summed E-state index contributed by atoms with van der Waals surface area (Å²) in [6.07, 6.45) is 6.53. The number of benzene rings is 1. The van der Waals surface area contributed by atoms with Crippen molar-refractivity contribution in [1.82, 2.24) is 10.2 Å². The molecular formula is C24H32N2O3S. The van der Waals surface area contributed by atoms with E-state index in [0.29, 0.717) is 36.9 Å². The van der Waals surface area contributed by atoms with Gasteiger partial charge in [0.25, 0.3) is 5.91 Å². The van der Waals surface area contributed by atoms with E-state index < -0.39 is 0 Å². The van der Waals surface area contributed by atoms with Gasteiger partial charge in [0, 0.05) is 29.3 Å². The minimum absolute atomic E-state index is 0.0598. The van der Waals surface area contributed by atoms with E-state index in [1.54, 1.807) is 0 Å². The summed E-state index contributed by atoms with van der Waals surface area (Å²) in [5.74, 6) is 0.709. The summed E-state index contributed by atoms with van der Waals surface area (Å²) in [5, 5.41) is 4.08. The van der Waals surface area contributed by atoms with E-state index in [9.17, 15) is 9.59 Å². The van der Waals surface area contributed by atoms with Gasteiger partial charge in [-0.2, -0.15) is 0 Å². The summed E-state index contributed by atoms with van der Waals surface area (Å²) in [5.41, 5.74) is 0.934. The van der Waals surface area contributed by atoms with Gasteiger partial charge in [-0.15, -0.1) is 11.3 Å². The molecule has 2 fully saturated rings. The van der Waals surface area contributed by atoms with E-state index in [2.05, 4.69) is 11.4 Å². The third-order valence-electron chi connectivity index (χ3n) is 6.19. The normalized spacial score (nSPS) is 20.6. The van der Waals surface area contributed by atoms with Crippen molar-refractivity contribution in [2.24, 2.45) is 5.92 Å². The van der Waals surface area contributed by atoms with E-state index >= 15 is 0 Å². The van der Waals surface area contributed by atoms with Gasteiger partial charge in [-0.1, -0.05) is 37.5 Å². The molecule has 1 aliphatic carbocycles. The first-order valence-corrected chi connectivity index (χ1v) is 12.1. The van der Waals surface area contributed by atoms with Crippen LogP contribution in [0, 0.1) is 5.92 Å². The SMILES string of the molecule is CC(C)NC(=O)c1sc2ccccc2c1[C@H]1CN(C(=O)CC2CCCCC2)CCO1. The van der Waals surface area contributed by atoms with Crippen LogP contribution in [0.25, 0.3) is 10.1 Å². The number of rotatable bonds is 5. The van der Waals surface area contributed by atoms with Crippen LogP contribution in [0.2, 0.25) is 0 Å². The Bertz CT molecular complexity index is 901. The molecule has 4 rings (SSSR count). The maximum absolute atomic E-state index is 13.0. The Hall–Kier alpha value is -1.92. The molecule has 2 amide bonds. The Balaban J connectivity index is 1.56. The minimum atomic E-state index is -0.266. The number of hydrogen-bond acceptors (Lipinski definition) is 4. The third kappa shape index (κ3) is 4.70. The highest BCUT2D eigenvalue weighted by Crippen LogP contribution is 2.38. The quantitative estimate of drug-likeness (QED) is 0.736. The number of nitrogens with one attached hydrogen (secondary N) is 1. The molecule has 2 heterocycles. The molecule has 1 saturated carbocycles.